The van der Waals surface area contributed by atoms with Gasteiger partial charge in [-0.15, -0.1) is 11.6 Å². The van der Waals surface area contributed by atoms with Crippen LogP contribution in [0.3, 0.4) is 0 Å². The van der Waals surface area contributed by atoms with Crippen LogP contribution in [0.5, 0.6) is 0 Å². The summed E-state index contributed by atoms with van der Waals surface area (Å²) in [6.07, 6.45) is 2.97. The van der Waals surface area contributed by atoms with Crippen LogP contribution < -0.4 is 0 Å². The maximum atomic E-state index is 11.6. The molecule has 1 fully saturated rings. The van der Waals surface area contributed by atoms with Gasteiger partial charge in [0.15, 0.2) is 5.78 Å². The van der Waals surface area contributed by atoms with Crippen molar-refractivity contribution in [1.29, 1.82) is 0 Å². The Balaban J connectivity index is 1.88. The number of ketones is 1. The van der Waals surface area contributed by atoms with Gasteiger partial charge in [-0.1, -0.05) is 23.7 Å². The number of rotatable bonds is 4. The summed E-state index contributed by atoms with van der Waals surface area (Å²) in [6.45, 7) is 0. The summed E-state index contributed by atoms with van der Waals surface area (Å²) >= 11 is 11.8. The predicted octanol–water partition coefficient (Wildman–Crippen LogP) is 3.61. The van der Waals surface area contributed by atoms with Crippen LogP contribution in [0.25, 0.3) is 0 Å². The van der Waals surface area contributed by atoms with Crippen molar-refractivity contribution in [2.75, 3.05) is 0 Å². The average molecular weight is 243 g/mol. The highest BCUT2D eigenvalue weighted by Crippen LogP contribution is 2.44. The summed E-state index contributed by atoms with van der Waals surface area (Å²) in [7, 11) is 0. The molecule has 0 aromatic heterocycles. The number of aryl methyl sites for hydroxylation is 1. The van der Waals surface area contributed by atoms with Gasteiger partial charge in [-0.3, -0.25) is 4.79 Å². The molecule has 2 rings (SSSR count). The molecule has 3 heteroatoms. The van der Waals surface area contributed by atoms with Crippen molar-refractivity contribution < 1.29 is 4.79 Å². The zero-order valence-electron chi connectivity index (χ0n) is 8.30. The molecule has 1 saturated carbocycles. The lowest BCUT2D eigenvalue weighted by molar-refractivity contribution is -0.119. The number of benzene rings is 1. The van der Waals surface area contributed by atoms with Crippen LogP contribution in [0.1, 0.15) is 24.8 Å². The second kappa shape index (κ2) is 4.15. The zero-order valence-corrected chi connectivity index (χ0v) is 9.81. The van der Waals surface area contributed by atoms with Crippen LogP contribution in [-0.4, -0.2) is 10.7 Å². The van der Waals surface area contributed by atoms with Crippen molar-refractivity contribution in [2.24, 2.45) is 0 Å². The van der Waals surface area contributed by atoms with E-state index < -0.39 is 4.87 Å². The molecule has 0 spiro atoms. The van der Waals surface area contributed by atoms with E-state index in [0.29, 0.717) is 6.42 Å². The fourth-order valence-electron chi connectivity index (χ4n) is 1.52. The van der Waals surface area contributed by atoms with Crippen LogP contribution in [-0.2, 0) is 11.2 Å². The molecule has 1 nitrogen and oxygen atoms in total. The molecular formula is C12H12Cl2O. The molecule has 0 saturated heterocycles. The van der Waals surface area contributed by atoms with E-state index in [2.05, 4.69) is 0 Å². The lowest BCUT2D eigenvalue weighted by atomic mass is 10.1. The van der Waals surface area contributed by atoms with Gasteiger partial charge in [0.05, 0.1) is 0 Å². The Morgan fingerprint density at radius 3 is 2.40 bits per heavy atom. The second-order valence-electron chi connectivity index (χ2n) is 4.01. The lowest BCUT2D eigenvalue weighted by Gasteiger charge is -2.05. The van der Waals surface area contributed by atoms with Crippen molar-refractivity contribution in [3.8, 4) is 0 Å². The van der Waals surface area contributed by atoms with E-state index in [4.69, 9.17) is 23.2 Å². The number of carbonyl (C=O) groups excluding carboxylic acids is 1. The Morgan fingerprint density at radius 1 is 1.27 bits per heavy atom. The van der Waals surface area contributed by atoms with Crippen LogP contribution >= 0.6 is 23.2 Å². The fourth-order valence-corrected chi connectivity index (χ4v) is 1.84. The van der Waals surface area contributed by atoms with Gasteiger partial charge in [-0.2, -0.15) is 0 Å². The Morgan fingerprint density at radius 2 is 1.87 bits per heavy atom. The molecule has 0 aliphatic heterocycles. The van der Waals surface area contributed by atoms with Gasteiger partial charge in [0.25, 0.3) is 0 Å². The summed E-state index contributed by atoms with van der Waals surface area (Å²) in [5.74, 6) is 0.180. The smallest absolute Gasteiger partial charge is 0.154 e. The quantitative estimate of drug-likeness (QED) is 0.738. The van der Waals surface area contributed by atoms with Crippen LogP contribution in [0.4, 0.5) is 0 Å². The minimum Gasteiger partial charge on any atom is -0.298 e. The summed E-state index contributed by atoms with van der Waals surface area (Å²) in [5.41, 5.74) is 1.13. The SMILES string of the molecule is O=C(CCc1ccc(Cl)cc1)C1(Cl)CC1. The third-order valence-electron chi connectivity index (χ3n) is 2.74. The Labute approximate surface area is 99.4 Å². The van der Waals surface area contributed by atoms with E-state index >= 15 is 0 Å². The predicted molar refractivity (Wildman–Crippen MR) is 62.6 cm³/mol. The molecule has 15 heavy (non-hydrogen) atoms. The minimum absolute atomic E-state index is 0.180. The fraction of sp³-hybridized carbons (Fsp3) is 0.417. The number of halogens is 2. The molecule has 1 aliphatic rings. The highest BCUT2D eigenvalue weighted by molar-refractivity contribution is 6.37. The largest absolute Gasteiger partial charge is 0.298 e. The third-order valence-corrected chi connectivity index (χ3v) is 3.58. The summed E-state index contributed by atoms with van der Waals surface area (Å²) < 4.78 is 0. The van der Waals surface area contributed by atoms with E-state index in [1.54, 1.807) is 0 Å². The van der Waals surface area contributed by atoms with Crippen LogP contribution in [0.2, 0.25) is 5.02 Å². The van der Waals surface area contributed by atoms with Gasteiger partial charge in [0.2, 0.25) is 0 Å². The first-order valence-electron chi connectivity index (χ1n) is 5.07. The normalized spacial score (nSPS) is 17.5. The van der Waals surface area contributed by atoms with Crippen molar-refractivity contribution in [1.82, 2.24) is 0 Å². The maximum Gasteiger partial charge on any atom is 0.154 e. The number of alkyl halides is 1. The van der Waals surface area contributed by atoms with Crippen LogP contribution in [0, 0.1) is 0 Å². The van der Waals surface area contributed by atoms with E-state index in [-0.39, 0.29) is 5.78 Å². The van der Waals surface area contributed by atoms with E-state index in [1.165, 1.54) is 0 Å². The van der Waals surface area contributed by atoms with Crippen molar-refractivity contribution >= 4 is 29.0 Å². The standard InChI is InChI=1S/C12H12Cl2O/c13-10-4-1-9(2-5-10)3-6-11(15)12(14)7-8-12/h1-2,4-5H,3,6-8H2. The summed E-state index contributed by atoms with van der Waals surface area (Å²) in [6, 6.07) is 7.58. The molecule has 80 valence electrons. The first-order chi connectivity index (χ1) is 7.10. The minimum atomic E-state index is -0.508. The summed E-state index contributed by atoms with van der Waals surface area (Å²) in [4.78, 5) is 11.1. The molecule has 1 aromatic carbocycles. The maximum absolute atomic E-state index is 11.6. The van der Waals surface area contributed by atoms with Gasteiger partial charge in [-0.05, 0) is 37.0 Å². The highest BCUT2D eigenvalue weighted by Gasteiger charge is 2.46. The topological polar surface area (TPSA) is 17.1 Å². The van der Waals surface area contributed by atoms with E-state index in [9.17, 15) is 4.79 Å². The van der Waals surface area contributed by atoms with Crippen LogP contribution in [0.15, 0.2) is 24.3 Å². The zero-order chi connectivity index (χ0) is 10.9. The number of hydrogen-bond donors (Lipinski definition) is 0. The Bertz CT molecular complexity index is 366. The number of carbonyl (C=O) groups is 1. The molecule has 0 radical (unpaired) electrons. The molecule has 0 heterocycles. The van der Waals surface area contributed by atoms with Gasteiger partial charge >= 0.3 is 0 Å². The highest BCUT2D eigenvalue weighted by atomic mass is 35.5. The Kier molecular flexibility index (Phi) is 3.03. The van der Waals surface area contributed by atoms with E-state index in [1.807, 2.05) is 24.3 Å². The second-order valence-corrected chi connectivity index (χ2v) is 5.17. The van der Waals surface area contributed by atoms with E-state index in [0.717, 1.165) is 29.8 Å². The third kappa shape index (κ3) is 2.73. The molecule has 0 amide bonds. The molecule has 0 bridgehead atoms. The van der Waals surface area contributed by atoms with Crippen molar-refractivity contribution in [2.45, 2.75) is 30.6 Å². The van der Waals surface area contributed by atoms with Gasteiger partial charge in [0.1, 0.15) is 4.87 Å². The van der Waals surface area contributed by atoms with Crippen molar-refractivity contribution in [3.05, 3.63) is 34.9 Å². The number of hydrogen-bond acceptors (Lipinski definition) is 1. The van der Waals surface area contributed by atoms with Crippen molar-refractivity contribution in [3.63, 3.8) is 0 Å². The molecule has 0 atom stereocenters. The molecule has 1 aliphatic carbocycles. The number of Topliss-reactive ketones (excluding diaryl/α,β-unsaturated/α-hetero) is 1. The van der Waals surface area contributed by atoms with Gasteiger partial charge in [0, 0.05) is 11.4 Å². The Hall–Kier alpha value is -0.530. The molecule has 0 N–H and O–H groups in total. The van der Waals surface area contributed by atoms with Gasteiger partial charge in [-0.25, -0.2) is 0 Å². The lowest BCUT2D eigenvalue weighted by Crippen LogP contribution is -2.15. The van der Waals surface area contributed by atoms with Gasteiger partial charge < -0.3 is 0 Å². The molecule has 0 unspecified atom stereocenters. The monoisotopic (exact) mass is 242 g/mol. The molecular weight excluding hydrogens is 231 g/mol. The first kappa shape index (κ1) is 11.0. The first-order valence-corrected chi connectivity index (χ1v) is 5.82. The average Bonchev–Trinajstić information content (AvgIpc) is 2.97. The summed E-state index contributed by atoms with van der Waals surface area (Å²) in [5, 5.41) is 0.723. The molecule has 1 aromatic rings.